The van der Waals surface area contributed by atoms with Gasteiger partial charge in [0.25, 0.3) is 0 Å². The van der Waals surface area contributed by atoms with Gasteiger partial charge in [-0.1, -0.05) is 19.1 Å². The Morgan fingerprint density at radius 1 is 1.21 bits per heavy atom. The Hall–Kier alpha value is -3.42. The van der Waals surface area contributed by atoms with Crippen LogP contribution in [0.2, 0.25) is 0 Å². The van der Waals surface area contributed by atoms with Crippen molar-refractivity contribution in [3.05, 3.63) is 53.3 Å². The fourth-order valence-electron chi connectivity index (χ4n) is 3.52. The van der Waals surface area contributed by atoms with Gasteiger partial charge in [0.05, 0.1) is 23.5 Å². The maximum Gasteiger partial charge on any atom is 0.313 e. The third kappa shape index (κ3) is 4.53. The summed E-state index contributed by atoms with van der Waals surface area (Å²) in [7, 11) is 0. The van der Waals surface area contributed by atoms with E-state index in [4.69, 9.17) is 5.73 Å². The van der Waals surface area contributed by atoms with Gasteiger partial charge in [0.1, 0.15) is 5.75 Å². The summed E-state index contributed by atoms with van der Waals surface area (Å²) >= 11 is 0. The lowest BCUT2D eigenvalue weighted by atomic mass is 9.89. The van der Waals surface area contributed by atoms with E-state index >= 15 is 0 Å². The number of amides is 3. The van der Waals surface area contributed by atoms with Crippen molar-refractivity contribution in [2.45, 2.75) is 32.7 Å². The molecule has 0 spiro atoms. The normalized spacial score (nSPS) is 18.9. The number of carbonyl (C=O) groups excluding carboxylic acids is 3. The van der Waals surface area contributed by atoms with Crippen molar-refractivity contribution in [1.82, 2.24) is 9.88 Å². The molecule has 1 aromatic carbocycles. The number of rotatable bonds is 3. The summed E-state index contributed by atoms with van der Waals surface area (Å²) in [6.45, 7) is 4.26. The molecule has 0 saturated carbocycles. The van der Waals surface area contributed by atoms with Crippen molar-refractivity contribution >= 4 is 23.4 Å². The van der Waals surface area contributed by atoms with Gasteiger partial charge in [0, 0.05) is 12.7 Å². The van der Waals surface area contributed by atoms with E-state index in [1.807, 2.05) is 13.0 Å². The van der Waals surface area contributed by atoms with Gasteiger partial charge in [-0.3, -0.25) is 19.4 Å². The summed E-state index contributed by atoms with van der Waals surface area (Å²) in [4.78, 5) is 42.2. The maximum atomic E-state index is 12.9. The summed E-state index contributed by atoms with van der Waals surface area (Å²) in [5.41, 5.74) is 7.11. The van der Waals surface area contributed by atoms with E-state index < -0.39 is 17.7 Å². The van der Waals surface area contributed by atoms with E-state index in [2.05, 4.69) is 10.3 Å². The highest BCUT2D eigenvalue weighted by molar-refractivity contribution is 6.39. The summed E-state index contributed by atoms with van der Waals surface area (Å²) in [5.74, 6) is -1.76. The average Bonchev–Trinajstić information content (AvgIpc) is 2.69. The largest absolute Gasteiger partial charge is 0.508 e. The van der Waals surface area contributed by atoms with Crippen LogP contribution >= 0.6 is 0 Å². The summed E-state index contributed by atoms with van der Waals surface area (Å²) in [6.07, 6.45) is 4.23. The zero-order chi connectivity index (χ0) is 21.1. The Labute approximate surface area is 168 Å². The van der Waals surface area contributed by atoms with Gasteiger partial charge in [-0.2, -0.15) is 0 Å². The number of likely N-dealkylation sites (tertiary alicyclic amines) is 1. The number of nitrogens with zero attached hydrogens (tertiary/aromatic N) is 2. The molecule has 2 unspecified atom stereocenters. The van der Waals surface area contributed by atoms with Crippen LogP contribution in [-0.2, 0) is 9.59 Å². The zero-order valence-corrected chi connectivity index (χ0v) is 16.4. The lowest BCUT2D eigenvalue weighted by molar-refractivity contribution is -0.146. The number of phenols is 1. The predicted molar refractivity (Wildman–Crippen MR) is 107 cm³/mol. The number of phenolic OH excluding ortho intramolecular Hbond substituents is 1. The van der Waals surface area contributed by atoms with Crippen molar-refractivity contribution < 1.29 is 19.5 Å². The second-order valence-electron chi connectivity index (χ2n) is 7.48. The van der Waals surface area contributed by atoms with Crippen LogP contribution in [0.3, 0.4) is 0 Å². The zero-order valence-electron chi connectivity index (χ0n) is 16.4. The topological polar surface area (TPSA) is 126 Å². The quantitative estimate of drug-likeness (QED) is 0.685. The molecule has 1 aliphatic rings. The first-order chi connectivity index (χ1) is 13.8. The van der Waals surface area contributed by atoms with Crippen LogP contribution in [0.5, 0.6) is 5.75 Å². The fraction of sp³-hybridized carbons (Fsp3) is 0.333. The molecule has 0 aliphatic carbocycles. The van der Waals surface area contributed by atoms with Crippen molar-refractivity contribution in [1.29, 1.82) is 0 Å². The van der Waals surface area contributed by atoms with Crippen molar-refractivity contribution in [3.63, 3.8) is 0 Å². The van der Waals surface area contributed by atoms with Gasteiger partial charge < -0.3 is 21.1 Å². The molecule has 8 heteroatoms. The van der Waals surface area contributed by atoms with Gasteiger partial charge >= 0.3 is 11.8 Å². The van der Waals surface area contributed by atoms with Gasteiger partial charge in [-0.25, -0.2) is 0 Å². The summed E-state index contributed by atoms with van der Waals surface area (Å²) in [5, 5.41) is 12.5. The smallest absolute Gasteiger partial charge is 0.313 e. The van der Waals surface area contributed by atoms with Crippen LogP contribution in [0.15, 0.2) is 36.7 Å². The Balaban J connectivity index is 1.81. The molecule has 2 aromatic rings. The monoisotopic (exact) mass is 396 g/mol. The molecule has 3 rings (SSSR count). The molecular weight excluding hydrogens is 372 g/mol. The number of pyridine rings is 1. The Bertz CT molecular complexity index is 959. The van der Waals surface area contributed by atoms with Gasteiger partial charge in [-0.15, -0.1) is 0 Å². The Morgan fingerprint density at radius 2 is 1.97 bits per heavy atom. The Kier molecular flexibility index (Phi) is 5.81. The number of nitrogens with one attached hydrogen (secondary N) is 1. The van der Waals surface area contributed by atoms with Crippen molar-refractivity contribution in [3.8, 4) is 5.75 Å². The van der Waals surface area contributed by atoms with Gasteiger partial charge in [0.2, 0.25) is 5.91 Å². The first kappa shape index (κ1) is 20.3. The maximum absolute atomic E-state index is 12.9. The van der Waals surface area contributed by atoms with Crippen LogP contribution in [0.25, 0.3) is 0 Å². The number of hydrogen-bond donors (Lipinski definition) is 3. The number of primary amides is 1. The predicted octanol–water partition coefficient (Wildman–Crippen LogP) is 2.13. The lowest BCUT2D eigenvalue weighted by Crippen LogP contribution is -2.46. The van der Waals surface area contributed by atoms with Crippen molar-refractivity contribution in [2.24, 2.45) is 11.7 Å². The van der Waals surface area contributed by atoms with E-state index in [0.717, 1.165) is 17.5 Å². The highest BCUT2D eigenvalue weighted by Gasteiger charge is 2.34. The first-order valence-electron chi connectivity index (χ1n) is 9.42. The van der Waals surface area contributed by atoms with Gasteiger partial charge in [0.15, 0.2) is 0 Å². The third-order valence-electron chi connectivity index (χ3n) is 5.17. The molecule has 3 amide bonds. The van der Waals surface area contributed by atoms with E-state index in [-0.39, 0.29) is 29.0 Å². The minimum Gasteiger partial charge on any atom is -0.508 e. The van der Waals surface area contributed by atoms with Crippen LogP contribution in [0.1, 0.15) is 47.3 Å². The molecule has 152 valence electrons. The number of aromatic nitrogens is 1. The number of aromatic hydroxyl groups is 1. The highest BCUT2D eigenvalue weighted by atomic mass is 16.3. The molecule has 8 nitrogen and oxygen atoms in total. The number of aryl methyl sites for hydroxylation is 1. The summed E-state index contributed by atoms with van der Waals surface area (Å²) in [6, 6.07) is 6.38. The second-order valence-corrected chi connectivity index (χ2v) is 7.48. The fourth-order valence-corrected chi connectivity index (χ4v) is 3.52. The SMILES string of the molecule is Cc1ccc(C2CCC(C)CN2C(=O)C(=O)Nc2cncc(C(N)=O)c2)cc1O. The molecule has 1 fully saturated rings. The van der Waals surface area contributed by atoms with E-state index in [0.29, 0.717) is 13.0 Å². The second kappa shape index (κ2) is 8.30. The van der Waals surface area contributed by atoms with E-state index in [1.165, 1.54) is 18.5 Å². The number of hydrogen-bond acceptors (Lipinski definition) is 5. The molecule has 4 N–H and O–H groups in total. The minimum atomic E-state index is -0.816. The van der Waals surface area contributed by atoms with Crippen molar-refractivity contribution in [2.75, 3.05) is 11.9 Å². The molecule has 0 radical (unpaired) electrons. The van der Waals surface area contributed by atoms with Crippen LogP contribution in [-0.4, -0.2) is 39.3 Å². The highest BCUT2D eigenvalue weighted by Crippen LogP contribution is 2.35. The van der Waals surface area contributed by atoms with Crippen LogP contribution in [0.4, 0.5) is 5.69 Å². The average molecular weight is 396 g/mol. The number of nitrogens with two attached hydrogens (primary N) is 1. The van der Waals surface area contributed by atoms with E-state index in [1.54, 1.807) is 24.0 Å². The summed E-state index contributed by atoms with van der Waals surface area (Å²) < 4.78 is 0. The number of benzene rings is 1. The Morgan fingerprint density at radius 3 is 2.66 bits per heavy atom. The molecule has 1 saturated heterocycles. The van der Waals surface area contributed by atoms with Crippen LogP contribution in [0, 0.1) is 12.8 Å². The lowest BCUT2D eigenvalue weighted by Gasteiger charge is -2.38. The number of anilines is 1. The number of carbonyl (C=O) groups is 3. The third-order valence-corrected chi connectivity index (χ3v) is 5.17. The molecule has 1 aliphatic heterocycles. The molecular formula is C21H24N4O4. The molecule has 1 aromatic heterocycles. The molecule has 29 heavy (non-hydrogen) atoms. The number of piperidine rings is 1. The van der Waals surface area contributed by atoms with Crippen LogP contribution < -0.4 is 11.1 Å². The minimum absolute atomic E-state index is 0.134. The van der Waals surface area contributed by atoms with Gasteiger partial charge in [-0.05, 0) is 48.9 Å². The van der Waals surface area contributed by atoms with E-state index in [9.17, 15) is 19.5 Å². The molecule has 2 atom stereocenters. The molecule has 2 heterocycles. The molecule has 0 bridgehead atoms. The first-order valence-corrected chi connectivity index (χ1v) is 9.42. The standard InChI is InChI=1S/C21H24N4O4/c1-12-3-6-17(14-5-4-13(2)18(26)8-14)25(11-12)21(29)20(28)24-16-7-15(19(22)27)9-23-10-16/h4-5,7-10,12,17,26H,3,6,11H2,1-2H3,(H2,22,27)(H,24,28).